The Morgan fingerprint density at radius 1 is 1.03 bits per heavy atom. The highest BCUT2D eigenvalue weighted by molar-refractivity contribution is 5.98. The maximum Gasteiger partial charge on any atom is 0.255 e. The molecule has 0 radical (unpaired) electrons. The standard InChI is InChI=1S/C32H37N3O4/c1-21(2)39-30-12-9-23(22-7-10-25(11-8-22)32(38)13-15-33-16-14-32)18-28(30)31(37)35-26(20-36)17-24-19-34-29-6-4-3-5-27(24)29/h3-12,18-19,21,26,33-34,36,38H,13-17,20H2,1-2H3,(H,35,37)/t26-/m1/s1. The number of hydrogen-bond donors (Lipinski definition) is 5. The van der Waals surface area contributed by atoms with Gasteiger partial charge in [0.25, 0.3) is 5.91 Å². The molecule has 1 atom stereocenters. The third-order valence-corrected chi connectivity index (χ3v) is 7.47. The number of aromatic nitrogens is 1. The summed E-state index contributed by atoms with van der Waals surface area (Å²) in [7, 11) is 0. The van der Waals surface area contributed by atoms with Crippen molar-refractivity contribution in [2.45, 2.75) is 50.9 Å². The van der Waals surface area contributed by atoms with Gasteiger partial charge in [0.05, 0.1) is 29.9 Å². The van der Waals surface area contributed by atoms with Crippen molar-refractivity contribution in [3.63, 3.8) is 0 Å². The normalized spacial score (nSPS) is 15.8. The SMILES string of the molecule is CC(C)Oc1ccc(-c2ccc(C3(O)CCNCC3)cc2)cc1C(=O)N[C@@H](CO)Cc1c[nH]c2ccccc12. The van der Waals surface area contributed by atoms with Crippen molar-refractivity contribution in [3.8, 4) is 16.9 Å². The lowest BCUT2D eigenvalue weighted by atomic mass is 9.84. The number of ether oxygens (including phenoxy) is 1. The molecule has 5 N–H and O–H groups in total. The minimum atomic E-state index is -0.812. The largest absolute Gasteiger partial charge is 0.490 e. The Morgan fingerprint density at radius 2 is 1.74 bits per heavy atom. The molecule has 0 bridgehead atoms. The third-order valence-electron chi connectivity index (χ3n) is 7.47. The Labute approximate surface area is 229 Å². The molecular weight excluding hydrogens is 490 g/mol. The summed E-state index contributed by atoms with van der Waals surface area (Å²) < 4.78 is 5.98. The van der Waals surface area contributed by atoms with E-state index in [1.165, 1.54) is 0 Å². The van der Waals surface area contributed by atoms with Crippen LogP contribution in [0.15, 0.2) is 72.9 Å². The molecule has 0 aliphatic carbocycles. The first-order chi connectivity index (χ1) is 18.9. The zero-order valence-electron chi connectivity index (χ0n) is 22.5. The van der Waals surface area contributed by atoms with E-state index in [2.05, 4.69) is 15.6 Å². The Kier molecular flexibility index (Phi) is 8.02. The number of hydrogen-bond acceptors (Lipinski definition) is 5. The zero-order chi connectivity index (χ0) is 27.4. The Balaban J connectivity index is 1.38. The fourth-order valence-corrected chi connectivity index (χ4v) is 5.34. The second kappa shape index (κ2) is 11.6. The lowest BCUT2D eigenvalue weighted by molar-refractivity contribution is 0.00595. The Morgan fingerprint density at radius 3 is 2.46 bits per heavy atom. The van der Waals surface area contributed by atoms with Gasteiger partial charge in [-0.25, -0.2) is 0 Å². The number of fused-ring (bicyclic) bond motifs is 1. The first-order valence-electron chi connectivity index (χ1n) is 13.7. The summed E-state index contributed by atoms with van der Waals surface area (Å²) in [6, 6.07) is 21.1. The van der Waals surface area contributed by atoms with Gasteiger partial charge in [-0.1, -0.05) is 48.5 Å². The third kappa shape index (κ3) is 6.01. The first kappa shape index (κ1) is 26.9. The van der Waals surface area contributed by atoms with Crippen LogP contribution >= 0.6 is 0 Å². The molecule has 1 aromatic heterocycles. The molecule has 204 valence electrons. The minimum absolute atomic E-state index is 0.104. The molecule has 1 aliphatic rings. The van der Waals surface area contributed by atoms with E-state index in [9.17, 15) is 15.0 Å². The van der Waals surface area contributed by atoms with E-state index in [1.807, 2.05) is 86.8 Å². The molecule has 0 unspecified atom stereocenters. The highest BCUT2D eigenvalue weighted by atomic mass is 16.5. The molecule has 3 aromatic carbocycles. The molecule has 0 saturated carbocycles. The number of aromatic amines is 1. The van der Waals surface area contributed by atoms with Crippen LogP contribution in [0.25, 0.3) is 22.0 Å². The van der Waals surface area contributed by atoms with Gasteiger partial charge < -0.3 is 30.6 Å². The number of piperidine rings is 1. The number of carbonyl (C=O) groups excluding carboxylic acids is 1. The Bertz CT molecular complexity index is 1420. The molecule has 1 aliphatic heterocycles. The summed E-state index contributed by atoms with van der Waals surface area (Å²) in [6.07, 6.45) is 3.68. The monoisotopic (exact) mass is 527 g/mol. The summed E-state index contributed by atoms with van der Waals surface area (Å²) in [5.74, 6) is 0.197. The molecule has 4 aromatic rings. The van der Waals surface area contributed by atoms with Crippen molar-refractivity contribution in [2.75, 3.05) is 19.7 Å². The maximum absolute atomic E-state index is 13.5. The molecule has 39 heavy (non-hydrogen) atoms. The van der Waals surface area contributed by atoms with E-state index in [0.717, 1.165) is 46.2 Å². The summed E-state index contributed by atoms with van der Waals surface area (Å²) >= 11 is 0. The lowest BCUT2D eigenvalue weighted by Crippen LogP contribution is -2.39. The van der Waals surface area contributed by atoms with Crippen molar-refractivity contribution >= 4 is 16.8 Å². The van der Waals surface area contributed by atoms with Crippen LogP contribution in [0.1, 0.15) is 48.2 Å². The van der Waals surface area contributed by atoms with Crippen LogP contribution < -0.4 is 15.4 Å². The summed E-state index contributed by atoms with van der Waals surface area (Å²) in [5.41, 5.74) is 4.39. The van der Waals surface area contributed by atoms with Crippen LogP contribution in [0, 0.1) is 0 Å². The molecule has 1 amide bonds. The number of rotatable bonds is 9. The van der Waals surface area contributed by atoms with Crippen LogP contribution in [-0.4, -0.2) is 52.9 Å². The quantitative estimate of drug-likeness (QED) is 0.220. The highest BCUT2D eigenvalue weighted by Gasteiger charge is 2.31. The summed E-state index contributed by atoms with van der Waals surface area (Å²) in [6.45, 7) is 5.25. The average molecular weight is 528 g/mol. The number of carbonyl (C=O) groups is 1. The van der Waals surface area contributed by atoms with Gasteiger partial charge in [-0.3, -0.25) is 4.79 Å². The number of aliphatic hydroxyl groups excluding tert-OH is 1. The number of benzene rings is 3. The molecule has 5 rings (SSSR count). The maximum atomic E-state index is 13.5. The van der Waals surface area contributed by atoms with E-state index in [4.69, 9.17) is 4.74 Å². The number of nitrogens with one attached hydrogen (secondary N) is 3. The van der Waals surface area contributed by atoms with Gasteiger partial charge >= 0.3 is 0 Å². The Hall–Kier alpha value is -3.65. The predicted molar refractivity (Wildman–Crippen MR) is 154 cm³/mol. The topological polar surface area (TPSA) is 107 Å². The number of amides is 1. The molecule has 1 saturated heterocycles. The first-order valence-corrected chi connectivity index (χ1v) is 13.7. The van der Waals surface area contributed by atoms with Crippen molar-refractivity contribution in [2.24, 2.45) is 0 Å². The number of H-pyrrole nitrogens is 1. The summed E-state index contributed by atoms with van der Waals surface area (Å²) in [4.78, 5) is 16.8. The molecule has 1 fully saturated rings. The molecule has 7 heteroatoms. The van der Waals surface area contributed by atoms with Gasteiger partial charge in [0.15, 0.2) is 0 Å². The van der Waals surface area contributed by atoms with Crippen molar-refractivity contribution in [3.05, 3.63) is 89.6 Å². The van der Waals surface area contributed by atoms with Crippen LogP contribution in [0.4, 0.5) is 0 Å². The van der Waals surface area contributed by atoms with Gasteiger partial charge in [-0.05, 0) is 86.7 Å². The molecule has 0 spiro atoms. The average Bonchev–Trinajstić information content (AvgIpc) is 3.35. The number of para-hydroxylation sites is 1. The van der Waals surface area contributed by atoms with Crippen LogP contribution in [0.3, 0.4) is 0 Å². The second-order valence-corrected chi connectivity index (χ2v) is 10.7. The molecule has 7 nitrogen and oxygen atoms in total. The van der Waals surface area contributed by atoms with Gasteiger partial charge in [0, 0.05) is 17.1 Å². The second-order valence-electron chi connectivity index (χ2n) is 10.7. The van der Waals surface area contributed by atoms with Crippen LogP contribution in [0.5, 0.6) is 5.75 Å². The molecule has 2 heterocycles. The van der Waals surface area contributed by atoms with E-state index in [1.54, 1.807) is 0 Å². The van der Waals surface area contributed by atoms with Gasteiger partial charge in [0.2, 0.25) is 0 Å². The van der Waals surface area contributed by atoms with Crippen LogP contribution in [0.2, 0.25) is 0 Å². The fourth-order valence-electron chi connectivity index (χ4n) is 5.34. The van der Waals surface area contributed by atoms with E-state index in [-0.39, 0.29) is 18.6 Å². The number of aliphatic hydroxyl groups is 2. The fraction of sp³-hybridized carbons (Fsp3) is 0.344. The highest BCUT2D eigenvalue weighted by Crippen LogP contribution is 2.33. The predicted octanol–water partition coefficient (Wildman–Crippen LogP) is 4.53. The van der Waals surface area contributed by atoms with Gasteiger partial charge in [-0.2, -0.15) is 0 Å². The lowest BCUT2D eigenvalue weighted by Gasteiger charge is -2.33. The van der Waals surface area contributed by atoms with Gasteiger partial charge in [-0.15, -0.1) is 0 Å². The summed E-state index contributed by atoms with van der Waals surface area (Å²) in [5, 5.41) is 28.6. The van der Waals surface area contributed by atoms with Gasteiger partial charge in [0.1, 0.15) is 5.75 Å². The molecular formula is C32H37N3O4. The van der Waals surface area contributed by atoms with E-state index < -0.39 is 11.6 Å². The van der Waals surface area contributed by atoms with Crippen molar-refractivity contribution in [1.82, 2.24) is 15.6 Å². The zero-order valence-corrected chi connectivity index (χ0v) is 22.5. The van der Waals surface area contributed by atoms with E-state index in [0.29, 0.717) is 30.6 Å². The van der Waals surface area contributed by atoms with Crippen LogP contribution in [-0.2, 0) is 12.0 Å². The van der Waals surface area contributed by atoms with E-state index >= 15 is 0 Å². The minimum Gasteiger partial charge on any atom is -0.490 e. The smallest absolute Gasteiger partial charge is 0.255 e. The van der Waals surface area contributed by atoms with Crippen molar-refractivity contribution < 1.29 is 19.7 Å². The van der Waals surface area contributed by atoms with Crippen molar-refractivity contribution in [1.29, 1.82) is 0 Å².